The Kier molecular flexibility index (Phi) is 11.2. The molecule has 2 heterocycles. The minimum absolute atomic E-state index is 0. The Hall–Kier alpha value is -0.120. The summed E-state index contributed by atoms with van der Waals surface area (Å²) in [4.78, 5) is 4.26. The molecule has 2 saturated heterocycles. The number of fused-ring (bicyclic) bond motifs is 2. The lowest BCUT2D eigenvalue weighted by atomic mass is 9.96. The van der Waals surface area contributed by atoms with Gasteiger partial charge in [0, 0.05) is 20.2 Å². The topological polar surface area (TPSA) is 64.1 Å². The molecule has 0 aromatic heterocycles. The van der Waals surface area contributed by atoms with Crippen molar-refractivity contribution >= 4 is 29.9 Å². The fourth-order valence-corrected chi connectivity index (χ4v) is 2.97. The number of hydrogen-bond donors (Lipinski definition) is 2. The van der Waals surface area contributed by atoms with Gasteiger partial charge >= 0.3 is 0 Å². The third-order valence-corrected chi connectivity index (χ3v) is 4.20. The first-order valence-corrected chi connectivity index (χ1v) is 8.61. The van der Waals surface area contributed by atoms with Crippen molar-refractivity contribution in [1.29, 1.82) is 0 Å². The van der Waals surface area contributed by atoms with Crippen molar-refractivity contribution in [3.8, 4) is 0 Å². The van der Waals surface area contributed by atoms with E-state index in [4.69, 9.17) is 14.2 Å². The summed E-state index contributed by atoms with van der Waals surface area (Å²) in [6, 6.07) is 0.401. The molecule has 23 heavy (non-hydrogen) atoms. The van der Waals surface area contributed by atoms with Gasteiger partial charge in [0.1, 0.15) is 0 Å². The van der Waals surface area contributed by atoms with Gasteiger partial charge in [-0.2, -0.15) is 0 Å². The molecule has 3 unspecified atom stereocenters. The lowest BCUT2D eigenvalue weighted by Gasteiger charge is -2.22. The van der Waals surface area contributed by atoms with Crippen LogP contribution in [0.4, 0.5) is 0 Å². The summed E-state index contributed by atoms with van der Waals surface area (Å²) in [5.74, 6) is 0.837. The number of unbranched alkanes of at least 4 members (excludes halogenated alkanes) is 1. The van der Waals surface area contributed by atoms with Crippen molar-refractivity contribution in [3.05, 3.63) is 0 Å². The van der Waals surface area contributed by atoms with Crippen molar-refractivity contribution in [1.82, 2.24) is 10.6 Å². The normalized spacial score (nSPS) is 26.2. The maximum atomic E-state index is 5.84. The predicted octanol–water partition coefficient (Wildman–Crippen LogP) is 1.92. The van der Waals surface area contributed by atoms with Gasteiger partial charge in [-0.05, 0) is 25.7 Å². The smallest absolute Gasteiger partial charge is 0.191 e. The summed E-state index contributed by atoms with van der Waals surface area (Å²) < 4.78 is 16.8. The van der Waals surface area contributed by atoms with Gasteiger partial charge in [0.2, 0.25) is 0 Å². The monoisotopic (exact) mass is 441 g/mol. The van der Waals surface area contributed by atoms with Crippen molar-refractivity contribution in [2.24, 2.45) is 4.99 Å². The van der Waals surface area contributed by atoms with E-state index in [1.54, 1.807) is 7.05 Å². The average molecular weight is 441 g/mol. The van der Waals surface area contributed by atoms with E-state index in [0.717, 1.165) is 32.0 Å². The van der Waals surface area contributed by atoms with Crippen LogP contribution < -0.4 is 10.6 Å². The number of aliphatic imine (C=N–C) groups is 1. The first-order chi connectivity index (χ1) is 10.8. The number of nitrogens with zero attached hydrogens (tertiary/aromatic N) is 1. The minimum atomic E-state index is 0. The van der Waals surface area contributed by atoms with Crippen LogP contribution in [0.1, 0.15) is 39.0 Å². The van der Waals surface area contributed by atoms with E-state index >= 15 is 0 Å². The number of nitrogens with one attached hydrogen (secondary N) is 2. The molecule has 2 fully saturated rings. The van der Waals surface area contributed by atoms with Crippen LogP contribution in [0, 0.1) is 0 Å². The maximum Gasteiger partial charge on any atom is 0.191 e. The molecule has 0 aromatic rings. The molecule has 0 amide bonds. The quantitative estimate of drug-likeness (QED) is 0.235. The van der Waals surface area contributed by atoms with Crippen molar-refractivity contribution in [2.75, 3.05) is 40.0 Å². The molecule has 2 bridgehead atoms. The largest absolute Gasteiger partial charge is 0.379 e. The zero-order valence-electron chi connectivity index (χ0n) is 14.4. The molecule has 6 nitrogen and oxygen atoms in total. The Morgan fingerprint density at radius 1 is 1.17 bits per heavy atom. The Morgan fingerprint density at radius 2 is 1.96 bits per heavy atom. The van der Waals surface area contributed by atoms with Crippen LogP contribution in [0.5, 0.6) is 0 Å². The van der Waals surface area contributed by atoms with Crippen molar-refractivity contribution in [2.45, 2.75) is 57.3 Å². The highest BCUT2D eigenvalue weighted by molar-refractivity contribution is 14.0. The van der Waals surface area contributed by atoms with Crippen LogP contribution in [0.25, 0.3) is 0 Å². The van der Waals surface area contributed by atoms with E-state index in [1.807, 2.05) is 0 Å². The summed E-state index contributed by atoms with van der Waals surface area (Å²) in [6.45, 7) is 5.73. The zero-order valence-corrected chi connectivity index (χ0v) is 16.7. The summed E-state index contributed by atoms with van der Waals surface area (Å²) in [5, 5.41) is 6.74. The van der Waals surface area contributed by atoms with Crippen LogP contribution in [0.3, 0.4) is 0 Å². The fraction of sp³-hybridized carbons (Fsp3) is 0.938. The maximum absolute atomic E-state index is 5.84. The molecule has 2 aliphatic heterocycles. The number of rotatable bonds is 10. The lowest BCUT2D eigenvalue weighted by molar-refractivity contribution is 0.0487. The zero-order chi connectivity index (χ0) is 15.6. The highest BCUT2D eigenvalue weighted by atomic mass is 127. The fourth-order valence-electron chi connectivity index (χ4n) is 2.97. The molecule has 2 N–H and O–H groups in total. The van der Waals surface area contributed by atoms with Gasteiger partial charge in [-0.25, -0.2) is 0 Å². The van der Waals surface area contributed by atoms with Crippen LogP contribution in [-0.4, -0.2) is 64.2 Å². The molecule has 136 valence electrons. The highest BCUT2D eigenvalue weighted by Crippen LogP contribution is 2.34. The Labute approximate surface area is 157 Å². The van der Waals surface area contributed by atoms with Gasteiger partial charge in [0.05, 0.1) is 38.1 Å². The van der Waals surface area contributed by atoms with Crippen LogP contribution in [0.15, 0.2) is 4.99 Å². The molecule has 0 saturated carbocycles. The predicted molar refractivity (Wildman–Crippen MR) is 103 cm³/mol. The molecule has 0 spiro atoms. The van der Waals surface area contributed by atoms with E-state index in [9.17, 15) is 0 Å². The lowest BCUT2D eigenvalue weighted by Crippen LogP contribution is -2.48. The highest BCUT2D eigenvalue weighted by Gasteiger charge is 2.40. The third kappa shape index (κ3) is 7.53. The second kappa shape index (κ2) is 12.3. The molecule has 0 radical (unpaired) electrons. The summed E-state index contributed by atoms with van der Waals surface area (Å²) in [6.07, 6.45) is 6.58. The van der Waals surface area contributed by atoms with Crippen molar-refractivity contribution < 1.29 is 14.2 Å². The number of hydrogen-bond acceptors (Lipinski definition) is 4. The summed E-state index contributed by atoms with van der Waals surface area (Å²) in [5.41, 5.74) is 0. The van der Waals surface area contributed by atoms with Crippen LogP contribution in [0.2, 0.25) is 0 Å². The molecular formula is C16H32IN3O3. The Balaban J connectivity index is 0.00000264. The van der Waals surface area contributed by atoms with Gasteiger partial charge in [-0.1, -0.05) is 13.3 Å². The van der Waals surface area contributed by atoms with E-state index in [-0.39, 0.29) is 24.0 Å². The molecule has 2 rings (SSSR count). The molecule has 7 heteroatoms. The van der Waals surface area contributed by atoms with Crippen LogP contribution >= 0.6 is 24.0 Å². The third-order valence-electron chi connectivity index (χ3n) is 4.20. The van der Waals surface area contributed by atoms with Gasteiger partial charge in [0.15, 0.2) is 5.96 Å². The Bertz CT molecular complexity index is 345. The van der Waals surface area contributed by atoms with Gasteiger partial charge in [-0.15, -0.1) is 24.0 Å². The number of ether oxygens (including phenoxy) is 3. The summed E-state index contributed by atoms with van der Waals surface area (Å²) >= 11 is 0. The second-order valence-electron chi connectivity index (χ2n) is 5.94. The molecular weight excluding hydrogens is 409 g/mol. The van der Waals surface area contributed by atoms with Crippen molar-refractivity contribution in [3.63, 3.8) is 0 Å². The second-order valence-corrected chi connectivity index (χ2v) is 5.94. The minimum Gasteiger partial charge on any atom is -0.379 e. The standard InChI is InChI=1S/C16H31N3O3.HI/c1-3-4-8-20-10-11-21-9-7-18-16(17-2)19-14-12-13-5-6-15(14)22-13;/h13-15H,3-12H2,1-2H3,(H2,17,18,19);1H. The van der Waals surface area contributed by atoms with Gasteiger partial charge < -0.3 is 24.8 Å². The number of halogens is 1. The molecule has 3 atom stereocenters. The van der Waals surface area contributed by atoms with E-state index in [1.165, 1.54) is 19.3 Å². The van der Waals surface area contributed by atoms with Crippen LogP contribution in [-0.2, 0) is 14.2 Å². The van der Waals surface area contributed by atoms with Gasteiger partial charge in [-0.3, -0.25) is 4.99 Å². The molecule has 0 aliphatic carbocycles. The molecule has 2 aliphatic rings. The van der Waals surface area contributed by atoms with E-state index in [2.05, 4.69) is 22.5 Å². The summed E-state index contributed by atoms with van der Waals surface area (Å²) in [7, 11) is 1.80. The first-order valence-electron chi connectivity index (χ1n) is 8.61. The number of guanidine groups is 1. The SMILES string of the molecule is CCCCOCCOCCNC(=NC)NC1CC2CCC1O2.I. The average Bonchev–Trinajstić information content (AvgIpc) is 3.15. The Morgan fingerprint density at radius 3 is 2.57 bits per heavy atom. The first kappa shape index (κ1) is 20.9. The van der Waals surface area contributed by atoms with Gasteiger partial charge in [0.25, 0.3) is 0 Å². The van der Waals surface area contributed by atoms with E-state index < -0.39 is 0 Å². The molecule has 0 aromatic carbocycles. The van der Waals surface area contributed by atoms with E-state index in [0.29, 0.717) is 38.1 Å².